The van der Waals surface area contributed by atoms with Crippen molar-refractivity contribution in [1.82, 2.24) is 9.62 Å². The van der Waals surface area contributed by atoms with Crippen molar-refractivity contribution in [2.45, 2.75) is 44.7 Å². The van der Waals surface area contributed by atoms with E-state index in [1.54, 1.807) is 6.08 Å². The summed E-state index contributed by atoms with van der Waals surface area (Å²) in [6, 6.07) is -0.393. The van der Waals surface area contributed by atoms with Crippen LogP contribution in [0.15, 0.2) is 28.5 Å². The molecule has 1 heterocycles. The highest BCUT2D eigenvalue weighted by atomic mass is 32.2. The van der Waals surface area contributed by atoms with Crippen LogP contribution in [0.1, 0.15) is 33.1 Å². The van der Waals surface area contributed by atoms with Crippen LogP contribution in [0, 0.1) is 5.41 Å². The third kappa shape index (κ3) is 3.17. The van der Waals surface area contributed by atoms with Crippen LogP contribution in [0.25, 0.3) is 0 Å². The first kappa shape index (κ1) is 17.9. The van der Waals surface area contributed by atoms with Crippen LogP contribution < -0.4 is 11.1 Å². The van der Waals surface area contributed by atoms with Crippen LogP contribution >= 0.6 is 0 Å². The summed E-state index contributed by atoms with van der Waals surface area (Å²) >= 11 is 0. The molecule has 0 spiro atoms. The molecule has 9 heteroatoms. The minimum absolute atomic E-state index is 0.0621. The van der Waals surface area contributed by atoms with Crippen molar-refractivity contribution in [2.75, 3.05) is 12.8 Å². The molecule has 7 nitrogen and oxygen atoms in total. The molecule has 138 valence electrons. The zero-order valence-electron chi connectivity index (χ0n) is 14.5. The molecule has 0 aromatic rings. The van der Waals surface area contributed by atoms with Gasteiger partial charge in [0, 0.05) is 18.0 Å². The first-order chi connectivity index (χ1) is 11.5. The third-order valence-corrected chi connectivity index (χ3v) is 7.13. The number of sulfonamides is 1. The van der Waals surface area contributed by atoms with E-state index in [1.807, 2.05) is 6.92 Å². The quantitative estimate of drug-likeness (QED) is 0.767. The predicted molar refractivity (Wildman–Crippen MR) is 92.7 cm³/mol. The van der Waals surface area contributed by atoms with Crippen molar-refractivity contribution in [2.24, 2.45) is 16.1 Å². The van der Waals surface area contributed by atoms with Crippen LogP contribution in [-0.4, -0.2) is 49.0 Å². The van der Waals surface area contributed by atoms with Gasteiger partial charge in [-0.05, 0) is 32.3 Å². The molecule has 3 aliphatic rings. The first-order valence-corrected chi connectivity index (χ1v) is 9.79. The summed E-state index contributed by atoms with van der Waals surface area (Å²) in [4.78, 5) is 16.5. The van der Waals surface area contributed by atoms with E-state index in [4.69, 9.17) is 5.73 Å². The summed E-state index contributed by atoms with van der Waals surface area (Å²) in [6.07, 6.45) is 4.93. The molecule has 0 aromatic carbocycles. The molecule has 1 aliphatic heterocycles. The summed E-state index contributed by atoms with van der Waals surface area (Å²) < 4.78 is 39.9. The number of aliphatic imine (C=N–C) groups is 1. The van der Waals surface area contributed by atoms with E-state index >= 15 is 0 Å². The van der Waals surface area contributed by atoms with Gasteiger partial charge < -0.3 is 11.1 Å². The van der Waals surface area contributed by atoms with Crippen molar-refractivity contribution in [1.29, 1.82) is 0 Å². The second kappa shape index (κ2) is 5.55. The predicted octanol–water partition coefficient (Wildman–Crippen LogP) is 0.803. The Bertz CT molecular complexity index is 813. The normalized spacial score (nSPS) is 33.0. The number of nitrogens with two attached hydrogens (primary N) is 1. The van der Waals surface area contributed by atoms with Gasteiger partial charge in [-0.15, -0.1) is 0 Å². The van der Waals surface area contributed by atoms with E-state index in [1.165, 1.54) is 20.0 Å². The molecule has 1 unspecified atom stereocenters. The van der Waals surface area contributed by atoms with Crippen molar-refractivity contribution in [3.05, 3.63) is 23.6 Å². The van der Waals surface area contributed by atoms with Gasteiger partial charge in [0.2, 0.25) is 21.9 Å². The molecule has 0 bridgehead atoms. The second-order valence-electron chi connectivity index (χ2n) is 7.48. The molecule has 3 N–H and O–H groups in total. The summed E-state index contributed by atoms with van der Waals surface area (Å²) in [5.74, 6) is -1.16. The Morgan fingerprint density at radius 3 is 2.64 bits per heavy atom. The minimum atomic E-state index is -3.69. The maximum Gasteiger partial charge on any atom is 0.239 e. The monoisotopic (exact) mass is 370 g/mol. The molecule has 1 amide bonds. The molecule has 3 rings (SSSR count). The largest absolute Gasteiger partial charge is 0.369 e. The lowest BCUT2D eigenvalue weighted by molar-refractivity contribution is -0.126. The molecule has 0 radical (unpaired) electrons. The summed E-state index contributed by atoms with van der Waals surface area (Å²) in [5.41, 5.74) is 4.20. The van der Waals surface area contributed by atoms with Crippen LogP contribution in [-0.2, 0) is 14.8 Å². The van der Waals surface area contributed by atoms with Crippen LogP contribution in [0.4, 0.5) is 4.39 Å². The van der Waals surface area contributed by atoms with Crippen molar-refractivity contribution >= 4 is 21.9 Å². The highest BCUT2D eigenvalue weighted by Gasteiger charge is 2.46. The summed E-state index contributed by atoms with van der Waals surface area (Å²) in [6.45, 7) is 3.43. The number of rotatable bonds is 3. The zero-order valence-corrected chi connectivity index (χ0v) is 15.4. The Balaban J connectivity index is 1.91. The van der Waals surface area contributed by atoms with Gasteiger partial charge in [-0.1, -0.05) is 13.0 Å². The molecule has 0 aromatic heterocycles. The van der Waals surface area contributed by atoms with Crippen molar-refractivity contribution in [3.63, 3.8) is 0 Å². The summed E-state index contributed by atoms with van der Waals surface area (Å²) in [5, 5.41) is 2.90. The van der Waals surface area contributed by atoms with Gasteiger partial charge >= 0.3 is 0 Å². The second-order valence-corrected chi connectivity index (χ2v) is 9.48. The Morgan fingerprint density at radius 1 is 1.44 bits per heavy atom. The van der Waals surface area contributed by atoms with Crippen LogP contribution in [0.2, 0.25) is 0 Å². The van der Waals surface area contributed by atoms with Gasteiger partial charge in [0.1, 0.15) is 11.4 Å². The molecule has 1 fully saturated rings. The number of hydrogen-bond acceptors (Lipinski definition) is 5. The van der Waals surface area contributed by atoms with E-state index in [2.05, 4.69) is 10.3 Å². The fraction of sp³-hybridized carbons (Fsp3) is 0.625. The molecule has 1 saturated carbocycles. The average molecular weight is 370 g/mol. The molecule has 0 saturated heterocycles. The standard InChI is InChI=1S/C16H23FN4O3S/c1-15(6-7-15)13(22)19-10-4-5-12(17)11(8-10)16(2)9-25(23,24)21(3)14(18)20-16/h5,8,10H,4,6-7,9H2,1-3H3,(H2,18,20)(H,19,22)/t10?,16-/m0/s1. The van der Waals surface area contributed by atoms with E-state index in [0.717, 1.165) is 17.1 Å². The van der Waals surface area contributed by atoms with Gasteiger partial charge in [-0.25, -0.2) is 22.1 Å². The number of hydrogen-bond donors (Lipinski definition) is 2. The maximum atomic E-state index is 14.5. The highest BCUT2D eigenvalue weighted by molar-refractivity contribution is 7.89. The summed E-state index contributed by atoms with van der Waals surface area (Å²) in [7, 11) is -2.38. The number of guanidine groups is 1. The van der Waals surface area contributed by atoms with E-state index in [0.29, 0.717) is 6.42 Å². The molecule has 25 heavy (non-hydrogen) atoms. The maximum absolute atomic E-state index is 14.5. The number of amides is 1. The van der Waals surface area contributed by atoms with Crippen LogP contribution in [0.3, 0.4) is 0 Å². The topological polar surface area (TPSA) is 105 Å². The van der Waals surface area contributed by atoms with Gasteiger partial charge in [0.25, 0.3) is 0 Å². The first-order valence-electron chi connectivity index (χ1n) is 8.18. The Labute approximate surface area is 146 Å². The van der Waals surface area contributed by atoms with Gasteiger partial charge in [-0.2, -0.15) is 0 Å². The zero-order chi connectivity index (χ0) is 18.6. The third-order valence-electron chi connectivity index (χ3n) is 5.19. The Kier molecular flexibility index (Phi) is 3.98. The molecular formula is C16H23FN4O3S. The van der Waals surface area contributed by atoms with Crippen molar-refractivity contribution in [3.8, 4) is 0 Å². The molecular weight excluding hydrogens is 347 g/mol. The smallest absolute Gasteiger partial charge is 0.239 e. The highest BCUT2D eigenvalue weighted by Crippen LogP contribution is 2.45. The number of carbonyl (C=O) groups excluding carboxylic acids is 1. The number of carbonyl (C=O) groups is 1. The van der Waals surface area contributed by atoms with Crippen LogP contribution in [0.5, 0.6) is 0 Å². The Morgan fingerprint density at radius 2 is 2.08 bits per heavy atom. The lowest BCUT2D eigenvalue weighted by Crippen LogP contribution is -2.52. The number of halogens is 1. The van der Waals surface area contributed by atoms with E-state index in [9.17, 15) is 17.6 Å². The lowest BCUT2D eigenvalue weighted by atomic mass is 9.87. The van der Waals surface area contributed by atoms with Gasteiger partial charge in [-0.3, -0.25) is 4.79 Å². The number of nitrogens with zero attached hydrogens (tertiary/aromatic N) is 2. The van der Waals surface area contributed by atoms with E-state index in [-0.39, 0.29) is 28.6 Å². The molecule has 2 atom stereocenters. The Hall–Kier alpha value is -1.90. The van der Waals surface area contributed by atoms with Crippen molar-refractivity contribution < 1.29 is 17.6 Å². The average Bonchev–Trinajstić information content (AvgIpc) is 3.25. The molecule has 2 aliphatic carbocycles. The SMILES string of the molecule is CN1C(N)=N[C@](C)(C2=CC(NC(=O)C3(C)CC3)CC=C2F)CS1(=O)=O. The fourth-order valence-electron chi connectivity index (χ4n) is 3.07. The lowest BCUT2D eigenvalue weighted by Gasteiger charge is -2.37. The van der Waals surface area contributed by atoms with Gasteiger partial charge in [0.05, 0.1) is 11.8 Å². The van der Waals surface area contributed by atoms with Gasteiger partial charge in [0.15, 0.2) is 0 Å². The fourth-order valence-corrected chi connectivity index (χ4v) is 4.52. The number of nitrogens with one attached hydrogen (secondary N) is 1. The van der Waals surface area contributed by atoms with E-state index < -0.39 is 27.4 Å². The minimum Gasteiger partial charge on any atom is -0.369 e.